The summed E-state index contributed by atoms with van der Waals surface area (Å²) >= 11 is 0. The number of nitrogens with two attached hydrogens (primary N) is 1. The average molecular weight is 296 g/mol. The standard InChI is InChI=1S/C15H21FN2O3/c1-20-10-15(14(17)19)6-3-7-18(15)9-11-8-12(21-2)4-5-13(11)16/h4-5,8H,3,6-7,9-10H2,1-2H3,(H2,17,19). The Bertz CT molecular complexity index is 524. The number of hydrogen-bond donors (Lipinski definition) is 1. The van der Waals surface area contributed by atoms with Gasteiger partial charge in [-0.1, -0.05) is 0 Å². The summed E-state index contributed by atoms with van der Waals surface area (Å²) in [4.78, 5) is 13.8. The Balaban J connectivity index is 2.27. The molecule has 1 atom stereocenters. The molecular weight excluding hydrogens is 275 g/mol. The minimum absolute atomic E-state index is 0.216. The number of halogens is 1. The molecule has 0 radical (unpaired) electrons. The van der Waals surface area contributed by atoms with Crippen molar-refractivity contribution in [3.63, 3.8) is 0 Å². The number of carbonyl (C=O) groups is 1. The maximum atomic E-state index is 14.0. The van der Waals surface area contributed by atoms with Gasteiger partial charge in [0.1, 0.15) is 17.1 Å². The van der Waals surface area contributed by atoms with E-state index in [9.17, 15) is 9.18 Å². The monoisotopic (exact) mass is 296 g/mol. The van der Waals surface area contributed by atoms with Crippen LogP contribution in [-0.2, 0) is 16.1 Å². The van der Waals surface area contributed by atoms with Gasteiger partial charge in [0.05, 0.1) is 13.7 Å². The van der Waals surface area contributed by atoms with Gasteiger partial charge in [0.15, 0.2) is 0 Å². The summed E-state index contributed by atoms with van der Waals surface area (Å²) in [6.07, 6.45) is 1.46. The molecule has 21 heavy (non-hydrogen) atoms. The Morgan fingerprint density at radius 2 is 2.24 bits per heavy atom. The van der Waals surface area contributed by atoms with Crippen molar-refractivity contribution in [1.82, 2.24) is 4.90 Å². The van der Waals surface area contributed by atoms with Gasteiger partial charge in [-0.05, 0) is 37.6 Å². The third-order valence-corrected chi connectivity index (χ3v) is 4.08. The lowest BCUT2D eigenvalue weighted by Gasteiger charge is -2.35. The molecule has 1 unspecified atom stereocenters. The van der Waals surface area contributed by atoms with Crippen molar-refractivity contribution >= 4 is 5.91 Å². The number of rotatable bonds is 6. The number of nitrogens with zero attached hydrogens (tertiary/aromatic N) is 1. The van der Waals surface area contributed by atoms with Crippen molar-refractivity contribution in [2.45, 2.75) is 24.9 Å². The quantitative estimate of drug-likeness (QED) is 0.859. The summed E-state index contributed by atoms with van der Waals surface area (Å²) < 4.78 is 24.3. The van der Waals surface area contributed by atoms with E-state index in [1.165, 1.54) is 20.3 Å². The molecule has 5 nitrogen and oxygen atoms in total. The number of methoxy groups -OCH3 is 2. The van der Waals surface area contributed by atoms with Crippen LogP contribution in [0, 0.1) is 5.82 Å². The van der Waals surface area contributed by atoms with E-state index in [-0.39, 0.29) is 12.4 Å². The average Bonchev–Trinajstić information content (AvgIpc) is 2.86. The molecule has 0 aromatic heterocycles. The minimum Gasteiger partial charge on any atom is -0.497 e. The third kappa shape index (κ3) is 3.01. The molecule has 0 bridgehead atoms. The Labute approximate surface area is 123 Å². The van der Waals surface area contributed by atoms with E-state index in [0.717, 1.165) is 6.42 Å². The highest BCUT2D eigenvalue weighted by Gasteiger charge is 2.46. The van der Waals surface area contributed by atoms with Gasteiger partial charge in [-0.25, -0.2) is 4.39 Å². The molecule has 0 spiro atoms. The molecule has 1 aromatic rings. The molecular formula is C15H21FN2O3. The van der Waals surface area contributed by atoms with Crippen LogP contribution in [0.4, 0.5) is 4.39 Å². The number of amides is 1. The van der Waals surface area contributed by atoms with E-state index < -0.39 is 11.4 Å². The molecule has 116 valence electrons. The molecule has 0 saturated carbocycles. The van der Waals surface area contributed by atoms with E-state index >= 15 is 0 Å². The fraction of sp³-hybridized carbons (Fsp3) is 0.533. The van der Waals surface area contributed by atoms with Crippen molar-refractivity contribution in [2.24, 2.45) is 5.73 Å². The molecule has 2 N–H and O–H groups in total. The molecule has 6 heteroatoms. The zero-order chi connectivity index (χ0) is 15.5. The van der Waals surface area contributed by atoms with Crippen molar-refractivity contribution in [2.75, 3.05) is 27.4 Å². The van der Waals surface area contributed by atoms with Gasteiger partial charge in [0, 0.05) is 19.2 Å². The highest BCUT2D eigenvalue weighted by molar-refractivity contribution is 5.85. The Hall–Kier alpha value is -1.66. The van der Waals surface area contributed by atoms with Gasteiger partial charge in [0.25, 0.3) is 0 Å². The summed E-state index contributed by atoms with van der Waals surface area (Å²) in [5.74, 6) is -0.161. The summed E-state index contributed by atoms with van der Waals surface area (Å²) in [5, 5.41) is 0. The topological polar surface area (TPSA) is 64.8 Å². The second-order valence-electron chi connectivity index (χ2n) is 5.31. The smallest absolute Gasteiger partial charge is 0.240 e. The van der Waals surface area contributed by atoms with Crippen LogP contribution < -0.4 is 10.5 Å². The number of carbonyl (C=O) groups excluding carboxylic acids is 1. The fourth-order valence-corrected chi connectivity index (χ4v) is 2.92. The maximum Gasteiger partial charge on any atom is 0.240 e. The van der Waals surface area contributed by atoms with E-state index in [4.69, 9.17) is 15.2 Å². The Morgan fingerprint density at radius 3 is 2.86 bits per heavy atom. The van der Waals surface area contributed by atoms with Crippen LogP contribution in [0.25, 0.3) is 0 Å². The molecule has 1 saturated heterocycles. The van der Waals surface area contributed by atoms with Crippen molar-refractivity contribution in [3.05, 3.63) is 29.6 Å². The van der Waals surface area contributed by atoms with Gasteiger partial charge in [0.2, 0.25) is 5.91 Å². The van der Waals surface area contributed by atoms with Gasteiger partial charge in [-0.3, -0.25) is 9.69 Å². The predicted molar refractivity (Wildman–Crippen MR) is 76.4 cm³/mol. The van der Waals surface area contributed by atoms with Crippen LogP contribution >= 0.6 is 0 Å². The lowest BCUT2D eigenvalue weighted by atomic mass is 9.95. The first kappa shape index (κ1) is 15.7. The van der Waals surface area contributed by atoms with Crippen LogP contribution in [0.3, 0.4) is 0 Å². The molecule has 1 fully saturated rings. The first-order valence-corrected chi connectivity index (χ1v) is 6.90. The van der Waals surface area contributed by atoms with Crippen molar-refractivity contribution < 1.29 is 18.7 Å². The third-order valence-electron chi connectivity index (χ3n) is 4.08. The Kier molecular flexibility index (Phi) is 4.80. The van der Waals surface area contributed by atoms with Gasteiger partial charge in [-0.15, -0.1) is 0 Å². The van der Waals surface area contributed by atoms with E-state index in [0.29, 0.717) is 30.8 Å². The molecule has 1 amide bonds. The lowest BCUT2D eigenvalue weighted by Crippen LogP contribution is -2.56. The summed E-state index contributed by atoms with van der Waals surface area (Å²) in [6, 6.07) is 4.58. The summed E-state index contributed by atoms with van der Waals surface area (Å²) in [5.41, 5.74) is 5.21. The van der Waals surface area contributed by atoms with E-state index in [1.807, 2.05) is 4.90 Å². The second kappa shape index (κ2) is 6.41. The number of hydrogen-bond acceptors (Lipinski definition) is 4. The number of benzene rings is 1. The van der Waals surface area contributed by atoms with Crippen LogP contribution in [-0.4, -0.2) is 43.7 Å². The molecule has 1 aliphatic rings. The van der Waals surface area contributed by atoms with Crippen molar-refractivity contribution in [3.8, 4) is 5.75 Å². The van der Waals surface area contributed by atoms with Gasteiger partial charge >= 0.3 is 0 Å². The zero-order valence-electron chi connectivity index (χ0n) is 12.4. The highest BCUT2D eigenvalue weighted by Crippen LogP contribution is 2.32. The molecule has 0 aliphatic carbocycles. The summed E-state index contributed by atoms with van der Waals surface area (Å²) in [7, 11) is 3.07. The van der Waals surface area contributed by atoms with Crippen LogP contribution in [0.15, 0.2) is 18.2 Å². The molecule has 1 aliphatic heterocycles. The fourth-order valence-electron chi connectivity index (χ4n) is 2.92. The highest BCUT2D eigenvalue weighted by atomic mass is 19.1. The van der Waals surface area contributed by atoms with Crippen LogP contribution in [0.5, 0.6) is 5.75 Å². The van der Waals surface area contributed by atoms with Crippen LogP contribution in [0.2, 0.25) is 0 Å². The van der Waals surface area contributed by atoms with E-state index in [1.54, 1.807) is 12.1 Å². The van der Waals surface area contributed by atoms with Gasteiger partial charge in [-0.2, -0.15) is 0 Å². The van der Waals surface area contributed by atoms with Crippen molar-refractivity contribution in [1.29, 1.82) is 0 Å². The first-order chi connectivity index (χ1) is 10.0. The predicted octanol–water partition coefficient (Wildman–Crippen LogP) is 1.30. The molecule has 2 rings (SSSR count). The van der Waals surface area contributed by atoms with E-state index in [2.05, 4.69) is 0 Å². The first-order valence-electron chi connectivity index (χ1n) is 6.90. The number of ether oxygens (including phenoxy) is 2. The van der Waals surface area contributed by atoms with Crippen LogP contribution in [0.1, 0.15) is 18.4 Å². The second-order valence-corrected chi connectivity index (χ2v) is 5.31. The largest absolute Gasteiger partial charge is 0.497 e. The minimum atomic E-state index is -0.857. The molecule has 1 aromatic carbocycles. The number of primary amides is 1. The molecule has 1 heterocycles. The number of likely N-dealkylation sites (tertiary alicyclic amines) is 1. The lowest BCUT2D eigenvalue weighted by molar-refractivity contribution is -0.132. The normalized spacial score (nSPS) is 22.4. The SMILES string of the molecule is COCC1(C(N)=O)CCCN1Cc1cc(OC)ccc1F. The zero-order valence-corrected chi connectivity index (χ0v) is 12.4. The van der Waals surface area contributed by atoms with Gasteiger partial charge < -0.3 is 15.2 Å². The summed E-state index contributed by atoms with van der Waals surface area (Å²) in [6.45, 7) is 1.20. The Morgan fingerprint density at radius 1 is 1.48 bits per heavy atom. The maximum absolute atomic E-state index is 14.0.